The van der Waals surface area contributed by atoms with E-state index >= 15 is 0 Å². The third-order valence-corrected chi connectivity index (χ3v) is 5.59. The molecule has 172 valence electrons. The molecule has 1 fully saturated rings. The van der Waals surface area contributed by atoms with Gasteiger partial charge in [-0.25, -0.2) is 0 Å². The van der Waals surface area contributed by atoms with E-state index in [1.807, 2.05) is 19.1 Å². The van der Waals surface area contributed by atoms with E-state index in [1.54, 1.807) is 12.2 Å². The van der Waals surface area contributed by atoms with E-state index in [2.05, 4.69) is 10.6 Å². The zero-order valence-electron chi connectivity index (χ0n) is 18.7. The number of rotatable bonds is 18. The molecule has 0 bridgehead atoms. The van der Waals surface area contributed by atoms with E-state index in [0.29, 0.717) is 0 Å². The van der Waals surface area contributed by atoms with Crippen molar-refractivity contribution in [3.05, 3.63) is 24.3 Å². The van der Waals surface area contributed by atoms with E-state index < -0.39 is 0 Å². The molecule has 2 atom stereocenters. The van der Waals surface area contributed by atoms with Gasteiger partial charge in [0.25, 0.3) is 0 Å². The van der Waals surface area contributed by atoms with Gasteiger partial charge < -0.3 is 20.8 Å². The number of aliphatic hydroxyl groups excluding tert-OH is 2. The Balaban J connectivity index is 2.09. The Kier molecular flexibility index (Phi) is 15.0. The Hall–Kier alpha value is -1.66. The lowest BCUT2D eigenvalue weighted by molar-refractivity contribution is -0.118. The maximum atomic E-state index is 12.0. The number of nitrogens with one attached hydrogen (secondary N) is 2. The molecule has 0 heterocycles. The first-order valence-electron chi connectivity index (χ1n) is 11.8. The summed E-state index contributed by atoms with van der Waals surface area (Å²) in [6.07, 6.45) is 19.3. The lowest BCUT2D eigenvalue weighted by atomic mass is 10.1. The van der Waals surface area contributed by atoms with Crippen LogP contribution >= 0.6 is 0 Å². The zero-order chi connectivity index (χ0) is 22.0. The van der Waals surface area contributed by atoms with Gasteiger partial charge in [-0.3, -0.25) is 9.59 Å². The molecule has 0 radical (unpaired) electrons. The minimum absolute atomic E-state index is 0.00417. The van der Waals surface area contributed by atoms with E-state index in [-0.39, 0.29) is 43.0 Å². The number of carbonyl (C=O) groups is 2. The monoisotopic (exact) mass is 422 g/mol. The molecule has 1 aliphatic carbocycles. The molecule has 0 aromatic carbocycles. The Morgan fingerprint density at radius 2 is 1.03 bits per heavy atom. The van der Waals surface area contributed by atoms with Crippen molar-refractivity contribution >= 4 is 11.8 Å². The summed E-state index contributed by atoms with van der Waals surface area (Å²) in [5.74, 6) is 0.0546. The first-order valence-corrected chi connectivity index (χ1v) is 11.8. The van der Waals surface area contributed by atoms with Crippen LogP contribution in [0.15, 0.2) is 24.3 Å². The summed E-state index contributed by atoms with van der Waals surface area (Å²) in [4.78, 5) is 24.0. The van der Waals surface area contributed by atoms with Gasteiger partial charge in [0.1, 0.15) is 0 Å². The SMILES string of the molecule is CC1C(NC(=O)C=CCCCCCCCO)C1NC(=O)C=CCCCCCCCO. The van der Waals surface area contributed by atoms with Gasteiger partial charge in [-0.05, 0) is 50.7 Å². The molecular formula is C24H42N2O4. The number of hydrogen-bond donors (Lipinski definition) is 4. The first-order chi connectivity index (χ1) is 14.6. The molecule has 4 N–H and O–H groups in total. The molecule has 2 unspecified atom stereocenters. The highest BCUT2D eigenvalue weighted by Crippen LogP contribution is 2.30. The van der Waals surface area contributed by atoms with E-state index in [1.165, 1.54) is 0 Å². The van der Waals surface area contributed by atoms with Crippen molar-refractivity contribution in [2.45, 2.75) is 96.1 Å². The van der Waals surface area contributed by atoms with Gasteiger partial charge in [0.2, 0.25) is 11.8 Å². The normalized spacial score (nSPS) is 20.7. The highest BCUT2D eigenvalue weighted by atomic mass is 16.3. The number of allylic oxidation sites excluding steroid dienone is 2. The molecule has 1 aliphatic rings. The molecule has 1 rings (SSSR count). The van der Waals surface area contributed by atoms with Crippen LogP contribution in [-0.4, -0.2) is 47.3 Å². The summed E-state index contributed by atoms with van der Waals surface area (Å²) in [5, 5.41) is 23.4. The molecular weight excluding hydrogens is 380 g/mol. The number of amides is 2. The van der Waals surface area contributed by atoms with Crippen LogP contribution in [0.3, 0.4) is 0 Å². The second-order valence-electron chi connectivity index (χ2n) is 8.29. The van der Waals surface area contributed by atoms with Crippen molar-refractivity contribution in [1.29, 1.82) is 0 Å². The van der Waals surface area contributed by atoms with Gasteiger partial charge in [-0.2, -0.15) is 0 Å². The number of hydrogen-bond acceptors (Lipinski definition) is 4. The van der Waals surface area contributed by atoms with Crippen LogP contribution in [0.5, 0.6) is 0 Å². The number of carbonyl (C=O) groups excluding carboxylic acids is 2. The van der Waals surface area contributed by atoms with Crippen molar-refractivity contribution in [2.24, 2.45) is 5.92 Å². The van der Waals surface area contributed by atoms with Crippen LogP contribution in [-0.2, 0) is 9.59 Å². The van der Waals surface area contributed by atoms with Crippen LogP contribution in [0.4, 0.5) is 0 Å². The Labute approximate surface area is 182 Å². The summed E-state index contributed by atoms with van der Waals surface area (Å²) in [7, 11) is 0. The van der Waals surface area contributed by atoms with Crippen LogP contribution in [0.1, 0.15) is 84.0 Å². The molecule has 1 saturated carbocycles. The average molecular weight is 423 g/mol. The molecule has 6 nitrogen and oxygen atoms in total. The number of aliphatic hydroxyl groups is 2. The predicted molar refractivity (Wildman–Crippen MR) is 121 cm³/mol. The predicted octanol–water partition coefficient (Wildman–Crippen LogP) is 3.38. The van der Waals surface area contributed by atoms with Crippen molar-refractivity contribution < 1.29 is 19.8 Å². The number of unbranched alkanes of at least 4 members (excludes halogenated alkanes) is 10. The Bertz CT molecular complexity index is 487. The molecule has 30 heavy (non-hydrogen) atoms. The lowest BCUT2D eigenvalue weighted by Crippen LogP contribution is -2.33. The average Bonchev–Trinajstić information content (AvgIpc) is 3.32. The van der Waals surface area contributed by atoms with Crippen LogP contribution in [0.2, 0.25) is 0 Å². The van der Waals surface area contributed by atoms with Gasteiger partial charge >= 0.3 is 0 Å². The van der Waals surface area contributed by atoms with Crippen LogP contribution in [0.25, 0.3) is 0 Å². The van der Waals surface area contributed by atoms with Crippen LogP contribution in [0, 0.1) is 5.92 Å². The molecule has 0 saturated heterocycles. The molecule has 0 aromatic heterocycles. The fourth-order valence-electron chi connectivity index (χ4n) is 3.52. The van der Waals surface area contributed by atoms with Crippen molar-refractivity contribution in [2.75, 3.05) is 13.2 Å². The molecule has 0 aliphatic heterocycles. The van der Waals surface area contributed by atoms with E-state index in [4.69, 9.17) is 10.2 Å². The second kappa shape index (κ2) is 17.1. The quantitative estimate of drug-likeness (QED) is 0.201. The third-order valence-electron chi connectivity index (χ3n) is 5.59. The van der Waals surface area contributed by atoms with E-state index in [9.17, 15) is 9.59 Å². The summed E-state index contributed by atoms with van der Waals surface area (Å²) in [6, 6.07) is 0.00835. The Morgan fingerprint density at radius 1 is 0.667 bits per heavy atom. The smallest absolute Gasteiger partial charge is 0.243 e. The summed E-state index contributed by atoms with van der Waals surface area (Å²) >= 11 is 0. The molecule has 2 amide bonds. The summed E-state index contributed by atoms with van der Waals surface area (Å²) in [6.45, 7) is 2.57. The van der Waals surface area contributed by atoms with Crippen LogP contribution < -0.4 is 10.6 Å². The maximum Gasteiger partial charge on any atom is 0.243 e. The molecule has 6 heteroatoms. The highest BCUT2D eigenvalue weighted by molar-refractivity contribution is 5.89. The summed E-state index contributed by atoms with van der Waals surface area (Å²) < 4.78 is 0. The molecule has 0 aromatic rings. The van der Waals surface area contributed by atoms with Gasteiger partial charge in [-0.1, -0.05) is 57.6 Å². The third kappa shape index (κ3) is 12.8. The van der Waals surface area contributed by atoms with Crippen molar-refractivity contribution in [1.82, 2.24) is 10.6 Å². The van der Waals surface area contributed by atoms with Gasteiger partial charge in [0.05, 0.1) is 12.1 Å². The Morgan fingerprint density at radius 3 is 1.43 bits per heavy atom. The minimum atomic E-state index is -0.0966. The molecule has 0 spiro atoms. The zero-order valence-corrected chi connectivity index (χ0v) is 18.7. The fourth-order valence-corrected chi connectivity index (χ4v) is 3.52. The van der Waals surface area contributed by atoms with Gasteiger partial charge in [-0.15, -0.1) is 0 Å². The van der Waals surface area contributed by atoms with Crippen molar-refractivity contribution in [3.8, 4) is 0 Å². The topological polar surface area (TPSA) is 98.7 Å². The van der Waals surface area contributed by atoms with E-state index in [0.717, 1.165) is 77.0 Å². The van der Waals surface area contributed by atoms with Gasteiger partial charge in [0.15, 0.2) is 0 Å². The summed E-state index contributed by atoms with van der Waals surface area (Å²) in [5.41, 5.74) is 0. The van der Waals surface area contributed by atoms with Crippen molar-refractivity contribution in [3.63, 3.8) is 0 Å². The maximum absolute atomic E-state index is 12.0. The standard InChI is InChI=1S/C24H42N2O4/c1-20-23(25-21(29)16-12-8-4-2-6-10-14-18-27)24(20)26-22(30)17-13-9-5-3-7-11-15-19-28/h12-13,16-17,20,23-24,27-28H,2-11,14-15,18-19H2,1H3,(H,25,29)(H,26,30). The second-order valence-corrected chi connectivity index (χ2v) is 8.29. The fraction of sp³-hybridized carbons (Fsp3) is 0.750. The largest absolute Gasteiger partial charge is 0.396 e. The minimum Gasteiger partial charge on any atom is -0.396 e. The first kappa shape index (κ1) is 26.4. The van der Waals surface area contributed by atoms with Gasteiger partial charge in [0, 0.05) is 19.1 Å². The lowest BCUT2D eigenvalue weighted by Gasteiger charge is -2.02. The highest BCUT2D eigenvalue weighted by Gasteiger charge is 2.48.